The molecule has 0 heterocycles. The van der Waals surface area contributed by atoms with Gasteiger partial charge in [-0.1, -0.05) is 80.9 Å². The molecule has 0 saturated carbocycles. The number of sulfonamides is 1. The molecule has 9 heteroatoms. The van der Waals surface area contributed by atoms with Crippen LogP contribution in [0.15, 0.2) is 91.0 Å². The van der Waals surface area contributed by atoms with Crippen LogP contribution in [-0.2, 0) is 15.4 Å². The van der Waals surface area contributed by atoms with Gasteiger partial charge in [-0.2, -0.15) is 0 Å². The number of urea groups is 1. The minimum Gasteiger partial charge on any atom is -0.455 e. The lowest BCUT2D eigenvalue weighted by molar-refractivity contribution is 0.0982. The number of para-hydroxylation sites is 1. The number of ether oxygens (including phenoxy) is 1. The van der Waals surface area contributed by atoms with Crippen LogP contribution in [0.2, 0.25) is 0 Å². The van der Waals surface area contributed by atoms with E-state index in [2.05, 4.69) is 31.4 Å². The number of hydrogen-bond acceptors (Lipinski definition) is 5. The van der Waals surface area contributed by atoms with Crippen LogP contribution in [0.4, 0.5) is 16.2 Å². The van der Waals surface area contributed by atoms with Crippen LogP contribution in [0.1, 0.15) is 42.3 Å². The van der Waals surface area contributed by atoms with Gasteiger partial charge in [-0.25, -0.2) is 17.9 Å². The molecule has 0 radical (unpaired) electrons. The summed E-state index contributed by atoms with van der Waals surface area (Å²) in [6, 6.07) is 26.4. The van der Waals surface area contributed by atoms with E-state index in [0.29, 0.717) is 34.0 Å². The second kappa shape index (κ2) is 11.9. The molecule has 0 aliphatic heterocycles. The lowest BCUT2D eigenvalue weighted by Crippen LogP contribution is -2.29. The Morgan fingerprint density at radius 3 is 2.12 bits per heavy atom. The number of anilines is 2. The summed E-state index contributed by atoms with van der Waals surface area (Å²) >= 11 is 0. The van der Waals surface area contributed by atoms with Crippen LogP contribution in [0.25, 0.3) is 11.1 Å². The summed E-state index contributed by atoms with van der Waals surface area (Å²) < 4.78 is 31.8. The van der Waals surface area contributed by atoms with E-state index >= 15 is 0 Å². The van der Waals surface area contributed by atoms with Gasteiger partial charge >= 0.3 is 6.03 Å². The third-order valence-electron chi connectivity index (χ3n) is 6.21. The number of nitrogens with one attached hydrogen (secondary N) is 3. The summed E-state index contributed by atoms with van der Waals surface area (Å²) in [6.45, 7) is 8.23. The third kappa shape index (κ3) is 7.73. The van der Waals surface area contributed by atoms with Crippen molar-refractivity contribution in [3.05, 3.63) is 108 Å². The first-order valence-electron chi connectivity index (χ1n) is 13.0. The summed E-state index contributed by atoms with van der Waals surface area (Å²) in [5, 5.41) is 5.70. The second-order valence-corrected chi connectivity index (χ2v) is 12.5. The maximum absolute atomic E-state index is 13.1. The summed E-state index contributed by atoms with van der Waals surface area (Å²) in [4.78, 5) is 25.9. The monoisotopic (exact) mass is 571 g/mol. The summed E-state index contributed by atoms with van der Waals surface area (Å²) in [5.41, 5.74) is 4.06. The average molecular weight is 572 g/mol. The van der Waals surface area contributed by atoms with Crippen LogP contribution >= 0.6 is 0 Å². The summed E-state index contributed by atoms with van der Waals surface area (Å²) in [6.07, 6.45) is 0.920. The Bertz CT molecular complexity index is 1690. The molecule has 0 aliphatic rings. The molecular weight excluding hydrogens is 538 g/mol. The molecule has 41 heavy (non-hydrogen) atoms. The second-order valence-electron chi connectivity index (χ2n) is 10.8. The van der Waals surface area contributed by atoms with Crippen molar-refractivity contribution < 1.29 is 22.7 Å². The number of rotatable bonds is 7. The fourth-order valence-corrected chi connectivity index (χ4v) is 4.70. The molecule has 0 fully saturated rings. The van der Waals surface area contributed by atoms with E-state index in [9.17, 15) is 18.0 Å². The first-order valence-corrected chi connectivity index (χ1v) is 14.9. The normalized spacial score (nSPS) is 11.4. The van der Waals surface area contributed by atoms with Crippen molar-refractivity contribution in [3.8, 4) is 22.6 Å². The molecule has 3 amide bonds. The molecule has 4 aromatic rings. The zero-order chi connectivity index (χ0) is 29.8. The van der Waals surface area contributed by atoms with Crippen molar-refractivity contribution >= 4 is 33.3 Å². The lowest BCUT2D eigenvalue weighted by atomic mass is 9.86. The van der Waals surface area contributed by atoms with Crippen molar-refractivity contribution in [2.45, 2.75) is 33.1 Å². The number of hydrogen-bond donors (Lipinski definition) is 3. The van der Waals surface area contributed by atoms with Gasteiger partial charge in [-0.15, -0.1) is 0 Å². The minimum atomic E-state index is -3.77. The van der Waals surface area contributed by atoms with Crippen molar-refractivity contribution in [1.82, 2.24) is 4.72 Å². The maximum atomic E-state index is 13.1. The van der Waals surface area contributed by atoms with Crippen molar-refractivity contribution in [2.24, 2.45) is 0 Å². The fourth-order valence-electron chi connectivity index (χ4n) is 4.26. The molecule has 0 saturated heterocycles. The number of carbonyl (C=O) groups excluding carboxylic acids is 2. The van der Waals surface area contributed by atoms with Crippen LogP contribution in [0.5, 0.6) is 11.5 Å². The van der Waals surface area contributed by atoms with Gasteiger partial charge in [0.05, 0.1) is 11.9 Å². The predicted molar refractivity (Wildman–Crippen MR) is 163 cm³/mol. The van der Waals surface area contributed by atoms with E-state index in [4.69, 9.17) is 4.74 Å². The molecule has 0 unspecified atom stereocenters. The Morgan fingerprint density at radius 1 is 0.780 bits per heavy atom. The maximum Gasteiger partial charge on any atom is 0.323 e. The smallest absolute Gasteiger partial charge is 0.323 e. The van der Waals surface area contributed by atoms with Crippen LogP contribution in [0.3, 0.4) is 0 Å². The van der Waals surface area contributed by atoms with E-state index in [-0.39, 0.29) is 11.0 Å². The van der Waals surface area contributed by atoms with E-state index in [1.807, 2.05) is 48.0 Å². The topological polar surface area (TPSA) is 114 Å². The van der Waals surface area contributed by atoms with Gasteiger partial charge in [0.1, 0.15) is 5.75 Å². The highest BCUT2D eigenvalue weighted by Crippen LogP contribution is 2.39. The molecule has 4 rings (SSSR count). The van der Waals surface area contributed by atoms with Gasteiger partial charge in [-0.3, -0.25) is 4.79 Å². The average Bonchev–Trinajstić information content (AvgIpc) is 2.90. The highest BCUT2D eigenvalue weighted by Gasteiger charge is 2.21. The van der Waals surface area contributed by atoms with Crippen molar-refractivity contribution in [1.29, 1.82) is 0 Å². The Labute approximate surface area is 240 Å². The van der Waals surface area contributed by atoms with Crippen LogP contribution < -0.4 is 20.1 Å². The number of benzene rings is 4. The molecule has 3 N–H and O–H groups in total. The molecule has 0 aliphatic carbocycles. The quantitative estimate of drug-likeness (QED) is 0.219. The SMILES string of the molecule is Cc1ccc(NC(=O)Nc2cc(-c3ccccc3C(=O)NS(C)(=O)=O)ccc2Oc2ccccc2C(C)(C)C)cc1. The zero-order valence-electron chi connectivity index (χ0n) is 23.6. The van der Waals surface area contributed by atoms with Gasteiger partial charge in [-0.05, 0) is 59.9 Å². The number of carbonyl (C=O) groups is 2. The van der Waals surface area contributed by atoms with Gasteiger partial charge in [0.25, 0.3) is 5.91 Å². The van der Waals surface area contributed by atoms with Crippen molar-refractivity contribution in [3.63, 3.8) is 0 Å². The minimum absolute atomic E-state index is 0.166. The highest BCUT2D eigenvalue weighted by atomic mass is 32.2. The predicted octanol–water partition coefficient (Wildman–Crippen LogP) is 7.09. The number of amides is 3. The molecule has 0 atom stereocenters. The van der Waals surface area contributed by atoms with Gasteiger partial charge < -0.3 is 15.4 Å². The highest BCUT2D eigenvalue weighted by molar-refractivity contribution is 7.89. The summed E-state index contributed by atoms with van der Waals surface area (Å²) in [5.74, 6) is 0.277. The van der Waals surface area contributed by atoms with Gasteiger partial charge in [0, 0.05) is 16.8 Å². The molecular formula is C32H33N3O5S. The molecule has 212 valence electrons. The van der Waals surface area contributed by atoms with E-state index in [0.717, 1.165) is 17.4 Å². The Hall–Kier alpha value is -4.63. The van der Waals surface area contributed by atoms with Gasteiger partial charge in [0.15, 0.2) is 5.75 Å². The lowest BCUT2D eigenvalue weighted by Gasteiger charge is -2.23. The summed E-state index contributed by atoms with van der Waals surface area (Å²) in [7, 11) is -3.77. The molecule has 0 bridgehead atoms. The number of aryl methyl sites for hydroxylation is 1. The standard InChI is InChI=1S/C32H33N3O5S/c1-21-14-17-23(18-15-21)33-31(37)34-27-20-22(24-10-6-7-11-25(24)30(36)35-41(5,38)39)16-19-29(27)40-28-13-9-8-12-26(28)32(2,3)4/h6-20H,1-5H3,(H,35,36)(H2,33,34,37). The zero-order valence-corrected chi connectivity index (χ0v) is 24.4. The fraction of sp³-hybridized carbons (Fsp3) is 0.188. The van der Waals surface area contributed by atoms with Crippen LogP contribution in [0, 0.1) is 6.92 Å². The van der Waals surface area contributed by atoms with E-state index in [1.165, 1.54) is 6.07 Å². The molecule has 0 aromatic heterocycles. The largest absolute Gasteiger partial charge is 0.455 e. The Balaban J connectivity index is 1.75. The Kier molecular flexibility index (Phi) is 8.49. The first-order chi connectivity index (χ1) is 19.3. The molecule has 0 spiro atoms. The van der Waals surface area contributed by atoms with Crippen LogP contribution in [-0.4, -0.2) is 26.6 Å². The first kappa shape index (κ1) is 29.4. The third-order valence-corrected chi connectivity index (χ3v) is 6.77. The van der Waals surface area contributed by atoms with Crippen molar-refractivity contribution in [2.75, 3.05) is 16.9 Å². The Morgan fingerprint density at radius 2 is 1.44 bits per heavy atom. The molecule has 8 nitrogen and oxygen atoms in total. The van der Waals surface area contributed by atoms with E-state index in [1.54, 1.807) is 48.5 Å². The van der Waals surface area contributed by atoms with Gasteiger partial charge in [0.2, 0.25) is 10.0 Å². The molecule has 4 aromatic carbocycles. The van der Waals surface area contributed by atoms with E-state index < -0.39 is 22.0 Å².